The van der Waals surface area contributed by atoms with Crippen LogP contribution in [0.1, 0.15) is 42.0 Å². The first-order valence-electron chi connectivity index (χ1n) is 8.08. The van der Waals surface area contributed by atoms with Crippen LogP contribution in [0, 0.1) is 20.8 Å². The Morgan fingerprint density at radius 1 is 0.875 bits per heavy atom. The van der Waals surface area contributed by atoms with Crippen LogP contribution in [0.4, 0.5) is 11.4 Å². The summed E-state index contributed by atoms with van der Waals surface area (Å²) in [7, 11) is 0. The zero-order valence-corrected chi connectivity index (χ0v) is 14.9. The van der Waals surface area contributed by atoms with E-state index in [-0.39, 0.29) is 5.92 Å². The number of para-hydroxylation sites is 1. The number of carbonyl (C=O) groups excluding carboxylic acids is 2. The molecule has 0 saturated heterocycles. The molecule has 0 spiro atoms. The highest BCUT2D eigenvalue weighted by atomic mass is 16.2. The molecule has 2 aromatic carbocycles. The number of anilines is 2. The Hall–Kier alpha value is -2.62. The van der Waals surface area contributed by atoms with Gasteiger partial charge in [0.05, 0.1) is 0 Å². The fourth-order valence-electron chi connectivity index (χ4n) is 2.84. The van der Waals surface area contributed by atoms with Gasteiger partial charge in [-0.25, -0.2) is 0 Å². The number of amides is 2. The van der Waals surface area contributed by atoms with E-state index < -0.39 is 11.8 Å². The smallest absolute Gasteiger partial charge is 0.314 e. The molecule has 2 amide bonds. The van der Waals surface area contributed by atoms with Gasteiger partial charge in [-0.3, -0.25) is 9.59 Å². The van der Waals surface area contributed by atoms with Crippen molar-refractivity contribution >= 4 is 23.2 Å². The second-order valence-corrected chi connectivity index (χ2v) is 6.42. The first-order valence-corrected chi connectivity index (χ1v) is 8.08. The molecule has 0 fully saturated rings. The molecule has 2 N–H and O–H groups in total. The van der Waals surface area contributed by atoms with Crippen LogP contribution in [0.2, 0.25) is 0 Å². The Kier molecular flexibility index (Phi) is 5.39. The van der Waals surface area contributed by atoms with Crippen molar-refractivity contribution in [3.05, 3.63) is 58.7 Å². The minimum atomic E-state index is -0.664. The van der Waals surface area contributed by atoms with Gasteiger partial charge in [0.1, 0.15) is 0 Å². The summed E-state index contributed by atoms with van der Waals surface area (Å²) >= 11 is 0. The molecule has 0 aliphatic rings. The summed E-state index contributed by atoms with van der Waals surface area (Å²) in [4.78, 5) is 24.5. The molecule has 4 heteroatoms. The molecule has 2 aromatic rings. The molecule has 2 rings (SSSR count). The zero-order valence-electron chi connectivity index (χ0n) is 14.9. The number of aryl methyl sites for hydroxylation is 3. The number of benzene rings is 2. The van der Waals surface area contributed by atoms with Gasteiger partial charge >= 0.3 is 11.8 Å². The lowest BCUT2D eigenvalue weighted by Crippen LogP contribution is -2.30. The predicted octanol–water partition coefficient (Wildman–Crippen LogP) is 4.31. The Balaban J connectivity index is 2.16. The summed E-state index contributed by atoms with van der Waals surface area (Å²) < 4.78 is 0. The van der Waals surface area contributed by atoms with Gasteiger partial charge in [0.2, 0.25) is 0 Å². The normalized spacial score (nSPS) is 10.6. The maximum Gasteiger partial charge on any atom is 0.314 e. The predicted molar refractivity (Wildman–Crippen MR) is 98.4 cm³/mol. The molecular weight excluding hydrogens is 300 g/mol. The number of rotatable bonds is 3. The highest BCUT2D eigenvalue weighted by Crippen LogP contribution is 2.24. The first kappa shape index (κ1) is 17.7. The maximum absolute atomic E-state index is 12.3. The van der Waals surface area contributed by atoms with Gasteiger partial charge in [0, 0.05) is 11.4 Å². The summed E-state index contributed by atoms with van der Waals surface area (Å²) in [6.07, 6.45) is 0. The third-order valence-electron chi connectivity index (χ3n) is 3.95. The van der Waals surface area contributed by atoms with Gasteiger partial charge in [-0.2, -0.15) is 0 Å². The summed E-state index contributed by atoms with van der Waals surface area (Å²) in [5.41, 5.74) is 5.37. The summed E-state index contributed by atoms with van der Waals surface area (Å²) in [5, 5.41) is 5.43. The van der Waals surface area contributed by atoms with E-state index in [2.05, 4.69) is 10.6 Å². The van der Waals surface area contributed by atoms with Crippen molar-refractivity contribution in [2.45, 2.75) is 40.5 Å². The minimum absolute atomic E-state index is 0.256. The largest absolute Gasteiger partial charge is 0.318 e. The van der Waals surface area contributed by atoms with E-state index in [1.807, 2.05) is 71.0 Å². The van der Waals surface area contributed by atoms with Crippen LogP contribution >= 0.6 is 0 Å². The van der Waals surface area contributed by atoms with Crippen LogP contribution in [0.15, 0.2) is 36.4 Å². The molecule has 0 heterocycles. The maximum atomic E-state index is 12.3. The van der Waals surface area contributed by atoms with Gasteiger partial charge in [-0.15, -0.1) is 0 Å². The van der Waals surface area contributed by atoms with Crippen LogP contribution in [0.25, 0.3) is 0 Å². The van der Waals surface area contributed by atoms with Crippen LogP contribution in [-0.4, -0.2) is 11.8 Å². The van der Waals surface area contributed by atoms with Gasteiger partial charge in [0.25, 0.3) is 0 Å². The third-order valence-corrected chi connectivity index (χ3v) is 3.95. The average molecular weight is 324 g/mol. The fourth-order valence-corrected chi connectivity index (χ4v) is 2.84. The second-order valence-electron chi connectivity index (χ2n) is 6.42. The van der Waals surface area contributed by atoms with E-state index in [1.165, 1.54) is 0 Å². The summed E-state index contributed by atoms with van der Waals surface area (Å²) in [6, 6.07) is 11.5. The second kappa shape index (κ2) is 7.30. The highest BCUT2D eigenvalue weighted by molar-refractivity contribution is 6.43. The van der Waals surface area contributed by atoms with Gasteiger partial charge < -0.3 is 10.6 Å². The lowest BCUT2D eigenvalue weighted by atomic mass is 10.0. The van der Waals surface area contributed by atoms with Crippen molar-refractivity contribution in [2.75, 3.05) is 10.6 Å². The lowest BCUT2D eigenvalue weighted by Gasteiger charge is -2.15. The third kappa shape index (κ3) is 4.02. The van der Waals surface area contributed by atoms with Gasteiger partial charge in [-0.05, 0) is 49.4 Å². The highest BCUT2D eigenvalue weighted by Gasteiger charge is 2.18. The van der Waals surface area contributed by atoms with Crippen molar-refractivity contribution < 1.29 is 9.59 Å². The van der Waals surface area contributed by atoms with Crippen LogP contribution < -0.4 is 10.6 Å². The van der Waals surface area contributed by atoms with E-state index in [0.29, 0.717) is 11.4 Å². The summed E-state index contributed by atoms with van der Waals surface area (Å²) in [5.74, 6) is -1.07. The molecule has 126 valence electrons. The molecule has 0 radical (unpaired) electrons. The average Bonchev–Trinajstić information content (AvgIpc) is 2.50. The molecule has 0 atom stereocenters. The number of carbonyl (C=O) groups is 2. The van der Waals surface area contributed by atoms with Crippen molar-refractivity contribution in [3.63, 3.8) is 0 Å². The van der Waals surface area contributed by atoms with Crippen molar-refractivity contribution in [1.29, 1.82) is 0 Å². The Labute approximate surface area is 143 Å². The fraction of sp³-hybridized carbons (Fsp3) is 0.300. The van der Waals surface area contributed by atoms with Crippen molar-refractivity contribution in [2.24, 2.45) is 0 Å². The quantitative estimate of drug-likeness (QED) is 0.826. The molecule has 0 saturated carbocycles. The number of nitrogens with one attached hydrogen (secondary N) is 2. The topological polar surface area (TPSA) is 58.2 Å². The standard InChI is InChI=1S/C20H24N2O2/c1-12(2)16-8-6-7-9-17(16)21-19(23)20(24)22-18-14(4)10-13(3)11-15(18)5/h6-12H,1-5H3,(H,21,23)(H,22,24). The van der Waals surface area contributed by atoms with E-state index in [0.717, 1.165) is 22.3 Å². The van der Waals surface area contributed by atoms with Crippen LogP contribution in [0.3, 0.4) is 0 Å². The zero-order chi connectivity index (χ0) is 17.9. The Bertz CT molecular complexity index is 756. The SMILES string of the molecule is Cc1cc(C)c(NC(=O)C(=O)Nc2ccccc2C(C)C)c(C)c1. The van der Waals surface area contributed by atoms with E-state index >= 15 is 0 Å². The first-order chi connectivity index (χ1) is 11.3. The molecule has 0 bridgehead atoms. The van der Waals surface area contributed by atoms with Crippen molar-refractivity contribution in [1.82, 2.24) is 0 Å². The molecule has 0 aliphatic carbocycles. The van der Waals surface area contributed by atoms with Gasteiger partial charge in [0.15, 0.2) is 0 Å². The van der Waals surface area contributed by atoms with Crippen LogP contribution in [-0.2, 0) is 9.59 Å². The minimum Gasteiger partial charge on any atom is -0.318 e. The monoisotopic (exact) mass is 324 g/mol. The van der Waals surface area contributed by atoms with Crippen LogP contribution in [0.5, 0.6) is 0 Å². The Morgan fingerprint density at radius 3 is 2.00 bits per heavy atom. The Morgan fingerprint density at radius 2 is 1.42 bits per heavy atom. The molecule has 0 aliphatic heterocycles. The lowest BCUT2D eigenvalue weighted by molar-refractivity contribution is -0.133. The van der Waals surface area contributed by atoms with Crippen molar-refractivity contribution in [3.8, 4) is 0 Å². The molecule has 0 unspecified atom stereocenters. The summed E-state index contributed by atoms with van der Waals surface area (Å²) in [6.45, 7) is 9.93. The molecular formula is C20H24N2O2. The molecule has 24 heavy (non-hydrogen) atoms. The van der Waals surface area contributed by atoms with E-state index in [4.69, 9.17) is 0 Å². The van der Waals surface area contributed by atoms with E-state index in [1.54, 1.807) is 0 Å². The van der Waals surface area contributed by atoms with E-state index in [9.17, 15) is 9.59 Å². The number of hydrogen-bond donors (Lipinski definition) is 2. The molecule has 0 aromatic heterocycles. The molecule has 4 nitrogen and oxygen atoms in total. The number of hydrogen-bond acceptors (Lipinski definition) is 2. The van der Waals surface area contributed by atoms with Gasteiger partial charge in [-0.1, -0.05) is 49.7 Å².